The number of ether oxygens (including phenoxy) is 1. The van der Waals surface area contributed by atoms with Crippen LogP contribution < -0.4 is 5.32 Å². The summed E-state index contributed by atoms with van der Waals surface area (Å²) in [7, 11) is 1.87. The molecule has 1 N–H and O–H groups in total. The van der Waals surface area contributed by atoms with Crippen molar-refractivity contribution in [2.24, 2.45) is 46.8 Å². The van der Waals surface area contributed by atoms with Crippen molar-refractivity contribution in [1.82, 2.24) is 4.98 Å². The summed E-state index contributed by atoms with van der Waals surface area (Å²) < 4.78 is 5.50. The molecule has 0 spiro atoms. The number of nitrogens with one attached hydrogen (secondary N) is 1. The van der Waals surface area contributed by atoms with E-state index in [2.05, 4.69) is 30.2 Å². The van der Waals surface area contributed by atoms with E-state index in [4.69, 9.17) is 10.00 Å². The molecule has 4 saturated carbocycles. The minimum absolute atomic E-state index is 0.442. The molecule has 0 saturated heterocycles. The number of nitrogens with zero attached hydrogens (tertiary/aromatic N) is 2. The molecular formula is C28H41N3O. The van der Waals surface area contributed by atoms with Crippen molar-refractivity contribution in [3.63, 3.8) is 0 Å². The lowest BCUT2D eigenvalue weighted by atomic mass is 9.49. The second-order valence-electron chi connectivity index (χ2n) is 11.8. The molecule has 1 heterocycles. The number of aromatic nitrogens is 1. The molecule has 1 aromatic rings. The van der Waals surface area contributed by atoms with Crippen molar-refractivity contribution < 1.29 is 4.74 Å². The van der Waals surface area contributed by atoms with E-state index in [1.807, 2.05) is 25.4 Å². The van der Waals surface area contributed by atoms with E-state index >= 15 is 0 Å². The molecule has 32 heavy (non-hydrogen) atoms. The van der Waals surface area contributed by atoms with Crippen LogP contribution in [-0.2, 0) is 4.74 Å². The predicted octanol–water partition coefficient (Wildman–Crippen LogP) is 6.29. The average Bonchev–Trinajstić information content (AvgIpc) is 3.17. The number of rotatable bonds is 5. The van der Waals surface area contributed by atoms with Gasteiger partial charge in [-0.3, -0.25) is 0 Å². The van der Waals surface area contributed by atoms with Crippen LogP contribution in [0.4, 0.5) is 5.69 Å². The monoisotopic (exact) mass is 435 g/mol. The van der Waals surface area contributed by atoms with Crippen LogP contribution in [0.25, 0.3) is 0 Å². The van der Waals surface area contributed by atoms with E-state index in [0.29, 0.717) is 17.2 Å². The molecule has 1 aromatic heterocycles. The van der Waals surface area contributed by atoms with E-state index < -0.39 is 0 Å². The standard InChI is InChI=1S/C28H41N3O/c1-18(31-22-7-6-21(15-29)30-16-22)26-10-11-27-25-9-5-20-14-19(17-32-3)4-8-23(20)24(25)12-13-28(26,27)2/h6-7,16,18-20,23-27,31H,4-5,8-14,17H2,1-3H3/t18-,19+,20-,23+,24?,25-,26?,27?,28-/m1/s1. The van der Waals surface area contributed by atoms with Crippen LogP contribution in [0.2, 0.25) is 0 Å². The highest BCUT2D eigenvalue weighted by molar-refractivity contribution is 5.43. The van der Waals surface area contributed by atoms with Gasteiger partial charge in [0.1, 0.15) is 11.8 Å². The molecule has 0 amide bonds. The van der Waals surface area contributed by atoms with Gasteiger partial charge in [0.15, 0.2) is 0 Å². The molecular weight excluding hydrogens is 394 g/mol. The second-order valence-corrected chi connectivity index (χ2v) is 11.8. The number of hydrogen-bond acceptors (Lipinski definition) is 4. The van der Waals surface area contributed by atoms with Crippen LogP contribution >= 0.6 is 0 Å². The van der Waals surface area contributed by atoms with Crippen molar-refractivity contribution in [3.8, 4) is 6.07 Å². The smallest absolute Gasteiger partial charge is 0.140 e. The van der Waals surface area contributed by atoms with Crippen LogP contribution in [0.1, 0.15) is 77.3 Å². The maximum atomic E-state index is 9.01. The summed E-state index contributed by atoms with van der Waals surface area (Å²) in [6, 6.07) is 6.38. The van der Waals surface area contributed by atoms with Gasteiger partial charge in [-0.2, -0.15) is 5.26 Å². The zero-order valence-electron chi connectivity index (χ0n) is 20.2. The highest BCUT2D eigenvalue weighted by Crippen LogP contribution is 2.65. The number of pyridine rings is 1. The Morgan fingerprint density at radius 3 is 2.72 bits per heavy atom. The van der Waals surface area contributed by atoms with E-state index in [9.17, 15) is 0 Å². The molecule has 174 valence electrons. The van der Waals surface area contributed by atoms with Crippen LogP contribution in [0.15, 0.2) is 18.3 Å². The third-order valence-electron chi connectivity index (χ3n) is 10.4. The summed E-state index contributed by atoms with van der Waals surface area (Å²) in [5, 5.41) is 12.8. The first-order valence-corrected chi connectivity index (χ1v) is 13.1. The fourth-order valence-corrected chi connectivity index (χ4v) is 9.11. The Balaban J connectivity index is 1.26. The summed E-state index contributed by atoms with van der Waals surface area (Å²) in [4.78, 5) is 4.25. The first kappa shape index (κ1) is 22.2. The van der Waals surface area contributed by atoms with Gasteiger partial charge in [-0.25, -0.2) is 4.98 Å². The summed E-state index contributed by atoms with van der Waals surface area (Å²) in [6.45, 7) is 5.97. The van der Waals surface area contributed by atoms with Gasteiger partial charge in [0.2, 0.25) is 0 Å². The lowest BCUT2D eigenvalue weighted by Gasteiger charge is -2.56. The van der Waals surface area contributed by atoms with Crippen LogP contribution in [0.5, 0.6) is 0 Å². The number of fused-ring (bicyclic) bond motifs is 5. The Bertz CT molecular complexity index is 832. The molecule has 4 aliphatic carbocycles. The first-order chi connectivity index (χ1) is 15.5. The fourth-order valence-electron chi connectivity index (χ4n) is 9.11. The molecule has 3 unspecified atom stereocenters. The molecule has 4 heteroatoms. The van der Waals surface area contributed by atoms with Crippen molar-refractivity contribution >= 4 is 5.69 Å². The lowest BCUT2D eigenvalue weighted by molar-refractivity contribution is -0.0728. The molecule has 0 aliphatic heterocycles. The van der Waals surface area contributed by atoms with Crippen LogP contribution in [0.3, 0.4) is 0 Å². The number of nitriles is 1. The summed E-state index contributed by atoms with van der Waals surface area (Å²) in [5.74, 6) is 6.35. The van der Waals surface area contributed by atoms with Crippen molar-refractivity contribution in [2.45, 2.75) is 77.7 Å². The quantitative estimate of drug-likeness (QED) is 0.591. The van der Waals surface area contributed by atoms with Gasteiger partial charge in [0, 0.05) is 19.8 Å². The van der Waals surface area contributed by atoms with Gasteiger partial charge in [0.25, 0.3) is 0 Å². The zero-order chi connectivity index (χ0) is 22.3. The third-order valence-corrected chi connectivity index (χ3v) is 10.4. The highest BCUT2D eigenvalue weighted by Gasteiger charge is 2.57. The van der Waals surface area contributed by atoms with Crippen LogP contribution in [-0.4, -0.2) is 24.7 Å². The van der Waals surface area contributed by atoms with Gasteiger partial charge in [-0.05, 0) is 124 Å². The molecule has 4 aliphatic rings. The van der Waals surface area contributed by atoms with Gasteiger partial charge in [-0.15, -0.1) is 0 Å². The Kier molecular flexibility index (Phi) is 6.23. The fraction of sp³-hybridized carbons (Fsp3) is 0.786. The second kappa shape index (κ2) is 8.98. The van der Waals surface area contributed by atoms with Gasteiger partial charge in [0.05, 0.1) is 11.9 Å². The molecule has 9 atom stereocenters. The van der Waals surface area contributed by atoms with E-state index in [1.165, 1.54) is 57.8 Å². The van der Waals surface area contributed by atoms with E-state index in [0.717, 1.165) is 53.7 Å². The van der Waals surface area contributed by atoms with Gasteiger partial charge >= 0.3 is 0 Å². The van der Waals surface area contributed by atoms with Crippen molar-refractivity contribution in [2.75, 3.05) is 19.0 Å². The lowest BCUT2D eigenvalue weighted by Crippen LogP contribution is -2.50. The normalized spacial score (nSPS) is 41.6. The summed E-state index contributed by atoms with van der Waals surface area (Å²) in [5.41, 5.74) is 2.00. The van der Waals surface area contributed by atoms with Crippen LogP contribution in [0, 0.1) is 58.2 Å². The van der Waals surface area contributed by atoms with Crippen molar-refractivity contribution in [3.05, 3.63) is 24.0 Å². The predicted molar refractivity (Wildman–Crippen MR) is 128 cm³/mol. The maximum absolute atomic E-state index is 9.01. The largest absolute Gasteiger partial charge is 0.384 e. The summed E-state index contributed by atoms with van der Waals surface area (Å²) >= 11 is 0. The van der Waals surface area contributed by atoms with Crippen molar-refractivity contribution in [1.29, 1.82) is 5.26 Å². The summed E-state index contributed by atoms with van der Waals surface area (Å²) in [6.07, 6.45) is 14.7. The highest BCUT2D eigenvalue weighted by atomic mass is 16.5. The Hall–Kier alpha value is -1.60. The maximum Gasteiger partial charge on any atom is 0.140 e. The molecule has 0 bridgehead atoms. The zero-order valence-corrected chi connectivity index (χ0v) is 20.2. The number of anilines is 1. The van der Waals surface area contributed by atoms with E-state index in [1.54, 1.807) is 0 Å². The third kappa shape index (κ3) is 3.85. The van der Waals surface area contributed by atoms with Gasteiger partial charge < -0.3 is 10.1 Å². The Morgan fingerprint density at radius 1 is 1.12 bits per heavy atom. The Labute approximate surface area is 194 Å². The van der Waals surface area contributed by atoms with Gasteiger partial charge in [-0.1, -0.05) is 6.92 Å². The number of hydrogen-bond donors (Lipinski definition) is 1. The Morgan fingerprint density at radius 2 is 1.97 bits per heavy atom. The topological polar surface area (TPSA) is 57.9 Å². The molecule has 0 radical (unpaired) electrons. The average molecular weight is 436 g/mol. The number of methoxy groups -OCH3 is 1. The van der Waals surface area contributed by atoms with E-state index in [-0.39, 0.29) is 0 Å². The minimum Gasteiger partial charge on any atom is -0.384 e. The first-order valence-electron chi connectivity index (χ1n) is 13.1. The molecule has 4 fully saturated rings. The SMILES string of the molecule is COC[C@H]1CC[C@@H]2C3CC[C@@]4(C)C(CCC4[C@@H](C)Nc4ccc(C#N)nc4)[C@@H]3CC[C@@H]2C1. The molecule has 0 aromatic carbocycles. The molecule has 5 rings (SSSR count). The minimum atomic E-state index is 0.442. The molecule has 4 nitrogen and oxygen atoms in total.